The normalized spacial score (nSPS) is 12.1. The van der Waals surface area contributed by atoms with Gasteiger partial charge in [0.2, 0.25) is 5.95 Å². The number of hydrogen-bond acceptors (Lipinski definition) is 8. The van der Waals surface area contributed by atoms with Crippen molar-refractivity contribution in [2.75, 3.05) is 31.8 Å². The number of aliphatic hydroxyl groups is 1. The second kappa shape index (κ2) is 10.2. The van der Waals surface area contributed by atoms with E-state index in [0.717, 1.165) is 36.3 Å². The number of hydrogen-bond donors (Lipinski definition) is 4. The molecule has 5 N–H and O–H groups in total. The van der Waals surface area contributed by atoms with E-state index >= 15 is 0 Å². The van der Waals surface area contributed by atoms with Gasteiger partial charge in [-0.15, -0.1) is 0 Å². The molecule has 0 saturated heterocycles. The van der Waals surface area contributed by atoms with Crippen LogP contribution in [0.1, 0.15) is 30.9 Å². The van der Waals surface area contributed by atoms with Gasteiger partial charge in [0.15, 0.2) is 0 Å². The Bertz CT molecular complexity index is 1100. The zero-order valence-corrected chi connectivity index (χ0v) is 18.2. The molecule has 0 fully saturated rings. The third-order valence-corrected chi connectivity index (χ3v) is 5.11. The zero-order chi connectivity index (χ0) is 22.4. The number of nitrogen functional groups attached to an aromatic ring is 1. The van der Waals surface area contributed by atoms with E-state index in [1.807, 2.05) is 32.2 Å². The van der Waals surface area contributed by atoms with Crippen LogP contribution in [-0.4, -0.2) is 46.4 Å². The number of pyridine rings is 1. The fraction of sp³-hybridized carbons (Fsp3) is 0.409. The molecule has 0 unspecified atom stereocenters. The lowest BCUT2D eigenvalue weighted by atomic mass is 10.1. The molecule has 0 amide bonds. The largest absolute Gasteiger partial charge is 0.496 e. The standard InChI is InChI=1S/C22H30N6O3/c1-4-5-16(13-29)25-20-19-17(26-22(23)27-20)8-9-28(21(19)30)12-15-7-6-14(11-24-2)10-18(15)31-3/h6-10,16,24,29H,4-5,11-13H2,1-3H3,(H3,23,25,26,27)/t16-/m0/s1. The Balaban J connectivity index is 2.03. The third-order valence-electron chi connectivity index (χ3n) is 5.11. The highest BCUT2D eigenvalue weighted by molar-refractivity contribution is 5.89. The number of benzene rings is 1. The first-order valence-electron chi connectivity index (χ1n) is 10.3. The number of ether oxygens (including phenoxy) is 1. The molecule has 9 nitrogen and oxygen atoms in total. The molecule has 9 heteroatoms. The number of aromatic nitrogens is 3. The Morgan fingerprint density at radius 2 is 2.10 bits per heavy atom. The lowest BCUT2D eigenvalue weighted by molar-refractivity contribution is 0.268. The van der Waals surface area contributed by atoms with Crippen LogP contribution in [-0.2, 0) is 13.1 Å². The lowest BCUT2D eigenvalue weighted by Crippen LogP contribution is -2.27. The minimum Gasteiger partial charge on any atom is -0.496 e. The van der Waals surface area contributed by atoms with Crippen molar-refractivity contribution in [1.29, 1.82) is 0 Å². The van der Waals surface area contributed by atoms with Gasteiger partial charge in [0.25, 0.3) is 5.56 Å². The molecule has 0 spiro atoms. The summed E-state index contributed by atoms with van der Waals surface area (Å²) in [7, 11) is 3.50. The van der Waals surface area contributed by atoms with Gasteiger partial charge in [-0.3, -0.25) is 4.79 Å². The van der Waals surface area contributed by atoms with E-state index in [1.165, 1.54) is 0 Å². The summed E-state index contributed by atoms with van der Waals surface area (Å²) in [5.74, 6) is 1.13. The predicted octanol–water partition coefficient (Wildman–Crippen LogP) is 1.72. The van der Waals surface area contributed by atoms with Crippen molar-refractivity contribution in [3.63, 3.8) is 0 Å². The highest BCUT2D eigenvalue weighted by atomic mass is 16.5. The lowest BCUT2D eigenvalue weighted by Gasteiger charge is -2.18. The summed E-state index contributed by atoms with van der Waals surface area (Å²) in [5, 5.41) is 16.3. The molecular formula is C22H30N6O3. The molecule has 1 atom stereocenters. The van der Waals surface area contributed by atoms with Gasteiger partial charge < -0.3 is 30.8 Å². The molecular weight excluding hydrogens is 396 g/mol. The number of nitrogens with two attached hydrogens (primary N) is 1. The minimum atomic E-state index is -0.241. The first-order valence-corrected chi connectivity index (χ1v) is 10.3. The molecule has 2 heterocycles. The first-order chi connectivity index (χ1) is 15.0. The molecule has 0 bridgehead atoms. The van der Waals surface area contributed by atoms with Gasteiger partial charge in [-0.2, -0.15) is 4.98 Å². The Labute approximate surface area is 181 Å². The summed E-state index contributed by atoms with van der Waals surface area (Å²) in [5.41, 5.74) is 8.04. The van der Waals surface area contributed by atoms with Gasteiger partial charge in [0.1, 0.15) is 17.0 Å². The second-order valence-corrected chi connectivity index (χ2v) is 7.43. The van der Waals surface area contributed by atoms with Gasteiger partial charge in [0, 0.05) is 18.3 Å². The quantitative estimate of drug-likeness (QED) is 0.386. The van der Waals surface area contributed by atoms with E-state index < -0.39 is 0 Å². The smallest absolute Gasteiger partial charge is 0.264 e. The molecule has 3 rings (SSSR count). The summed E-state index contributed by atoms with van der Waals surface area (Å²) in [4.78, 5) is 21.8. The van der Waals surface area contributed by atoms with E-state index in [1.54, 1.807) is 23.9 Å². The second-order valence-electron chi connectivity index (χ2n) is 7.43. The minimum absolute atomic E-state index is 0.0714. The van der Waals surface area contributed by atoms with Crippen LogP contribution in [0.3, 0.4) is 0 Å². The van der Waals surface area contributed by atoms with Gasteiger partial charge in [-0.05, 0) is 31.2 Å². The SMILES string of the molecule is CCC[C@@H](CO)Nc1nc(N)nc2ccn(Cc3ccc(CNC)cc3OC)c(=O)c12. The van der Waals surface area contributed by atoms with Gasteiger partial charge in [-0.1, -0.05) is 25.5 Å². The third kappa shape index (κ3) is 5.12. The van der Waals surface area contributed by atoms with Gasteiger partial charge >= 0.3 is 0 Å². The number of nitrogens with one attached hydrogen (secondary N) is 2. The van der Waals surface area contributed by atoms with Crippen molar-refractivity contribution in [3.05, 3.63) is 51.9 Å². The van der Waals surface area contributed by atoms with Crippen molar-refractivity contribution >= 4 is 22.7 Å². The van der Waals surface area contributed by atoms with E-state index in [9.17, 15) is 9.90 Å². The van der Waals surface area contributed by atoms with Crippen molar-refractivity contribution in [2.45, 2.75) is 38.9 Å². The van der Waals surface area contributed by atoms with Crippen molar-refractivity contribution in [1.82, 2.24) is 19.9 Å². The van der Waals surface area contributed by atoms with Crippen molar-refractivity contribution < 1.29 is 9.84 Å². The number of nitrogens with zero attached hydrogens (tertiary/aromatic N) is 3. The predicted molar refractivity (Wildman–Crippen MR) is 122 cm³/mol. The average molecular weight is 427 g/mol. The van der Waals surface area contributed by atoms with E-state index in [4.69, 9.17) is 10.5 Å². The fourth-order valence-electron chi connectivity index (χ4n) is 3.60. The molecule has 3 aromatic rings. The van der Waals surface area contributed by atoms with Crippen LogP contribution in [0.2, 0.25) is 0 Å². The maximum atomic E-state index is 13.4. The average Bonchev–Trinajstić information content (AvgIpc) is 2.76. The van der Waals surface area contributed by atoms with Gasteiger partial charge in [-0.25, -0.2) is 4.98 Å². The maximum Gasteiger partial charge on any atom is 0.264 e. The molecule has 1 aromatic carbocycles. The number of rotatable bonds is 10. The fourth-order valence-corrected chi connectivity index (χ4v) is 3.60. The monoisotopic (exact) mass is 426 g/mol. The van der Waals surface area contributed by atoms with Crippen LogP contribution in [0.4, 0.5) is 11.8 Å². The van der Waals surface area contributed by atoms with E-state index in [-0.39, 0.29) is 24.2 Å². The van der Waals surface area contributed by atoms with Crippen LogP contribution in [0.25, 0.3) is 10.9 Å². The zero-order valence-electron chi connectivity index (χ0n) is 18.2. The van der Waals surface area contributed by atoms with E-state index in [2.05, 4.69) is 20.6 Å². The number of anilines is 2. The van der Waals surface area contributed by atoms with Crippen LogP contribution in [0.15, 0.2) is 35.3 Å². The Kier molecular flexibility index (Phi) is 7.43. The highest BCUT2D eigenvalue weighted by Gasteiger charge is 2.16. The Hall–Kier alpha value is -3.17. The topological polar surface area (TPSA) is 127 Å². The summed E-state index contributed by atoms with van der Waals surface area (Å²) < 4.78 is 7.13. The summed E-state index contributed by atoms with van der Waals surface area (Å²) in [6.45, 7) is 3.01. The number of aliphatic hydroxyl groups excluding tert-OH is 1. The van der Waals surface area contributed by atoms with Crippen molar-refractivity contribution in [2.24, 2.45) is 0 Å². The molecule has 0 aliphatic heterocycles. The first kappa shape index (κ1) is 22.5. The summed E-state index contributed by atoms with van der Waals surface area (Å²) in [6.07, 6.45) is 3.31. The van der Waals surface area contributed by atoms with Crippen molar-refractivity contribution in [3.8, 4) is 5.75 Å². The van der Waals surface area contributed by atoms with Crippen LogP contribution < -0.4 is 26.7 Å². The number of fused-ring (bicyclic) bond motifs is 1. The van der Waals surface area contributed by atoms with E-state index in [0.29, 0.717) is 23.3 Å². The highest BCUT2D eigenvalue weighted by Crippen LogP contribution is 2.23. The molecule has 0 saturated carbocycles. The summed E-state index contributed by atoms with van der Waals surface area (Å²) in [6, 6.07) is 7.45. The molecule has 0 aliphatic rings. The molecule has 2 aromatic heterocycles. The maximum absolute atomic E-state index is 13.4. The molecule has 0 aliphatic carbocycles. The van der Waals surface area contributed by atoms with Gasteiger partial charge in [0.05, 0.1) is 31.8 Å². The molecule has 0 radical (unpaired) electrons. The van der Waals surface area contributed by atoms with Crippen LogP contribution in [0.5, 0.6) is 5.75 Å². The molecule has 31 heavy (non-hydrogen) atoms. The molecule has 166 valence electrons. The Morgan fingerprint density at radius 3 is 2.77 bits per heavy atom. The Morgan fingerprint density at radius 1 is 1.29 bits per heavy atom. The summed E-state index contributed by atoms with van der Waals surface area (Å²) >= 11 is 0. The number of methoxy groups -OCH3 is 1. The van der Waals surface area contributed by atoms with Crippen LogP contribution >= 0.6 is 0 Å². The van der Waals surface area contributed by atoms with Crippen LogP contribution in [0, 0.1) is 0 Å².